The lowest BCUT2D eigenvalue weighted by Gasteiger charge is -2.22. The zero-order valence-corrected chi connectivity index (χ0v) is 21.6. The molecular weight excluding hydrogens is 467 g/mol. The second-order valence-electron chi connectivity index (χ2n) is 7.29. The smallest absolute Gasteiger partial charge is 0.168 e. The fourth-order valence-electron chi connectivity index (χ4n) is 3.93. The van der Waals surface area contributed by atoms with E-state index in [0.29, 0.717) is 6.42 Å². The molecule has 0 unspecified atom stereocenters. The summed E-state index contributed by atoms with van der Waals surface area (Å²) in [6, 6.07) is 4.24. The van der Waals surface area contributed by atoms with Crippen molar-refractivity contribution in [3.63, 3.8) is 0 Å². The Morgan fingerprint density at radius 1 is 0.710 bits per heavy atom. The fraction of sp³-hybridized carbons (Fsp3) is 0.391. The molecule has 0 aliphatic carbocycles. The Labute approximate surface area is 206 Å². The van der Waals surface area contributed by atoms with Gasteiger partial charge in [-0.25, -0.2) is 0 Å². The van der Waals surface area contributed by atoms with Gasteiger partial charge in [0.1, 0.15) is 0 Å². The first-order valence-electron chi connectivity index (χ1n) is 10.5. The van der Waals surface area contributed by atoms with Crippen molar-refractivity contribution in [1.29, 1.82) is 0 Å². The van der Waals surface area contributed by atoms with E-state index in [1.54, 1.807) is 0 Å². The van der Waals surface area contributed by atoms with Crippen LogP contribution in [0.2, 0.25) is 10.0 Å². The van der Waals surface area contributed by atoms with Gasteiger partial charge in [-0.3, -0.25) is 0 Å². The molecule has 0 aliphatic heterocycles. The monoisotopic (exact) mass is 496 g/mol. The van der Waals surface area contributed by atoms with Crippen molar-refractivity contribution in [3.8, 4) is 0 Å². The molecule has 2 aromatic rings. The summed E-state index contributed by atoms with van der Waals surface area (Å²) in [5.74, 6) is 0. The van der Waals surface area contributed by atoms with Crippen molar-refractivity contribution in [2.75, 3.05) is 10.6 Å². The molecule has 0 saturated carbocycles. The third-order valence-electron chi connectivity index (χ3n) is 5.38. The number of anilines is 2. The van der Waals surface area contributed by atoms with Crippen LogP contribution >= 0.6 is 47.6 Å². The normalized spacial score (nSPS) is 10.8. The highest BCUT2D eigenvalue weighted by molar-refractivity contribution is 7.80. The lowest BCUT2D eigenvalue weighted by atomic mass is 9.92. The van der Waals surface area contributed by atoms with Gasteiger partial charge >= 0.3 is 0 Å². The summed E-state index contributed by atoms with van der Waals surface area (Å²) < 4.78 is 0. The lowest BCUT2D eigenvalue weighted by Crippen LogP contribution is -2.21. The fourth-order valence-corrected chi connectivity index (χ4v) is 4.83. The summed E-state index contributed by atoms with van der Waals surface area (Å²) in [7, 11) is 0. The van der Waals surface area contributed by atoms with Crippen molar-refractivity contribution in [2.24, 2.45) is 11.5 Å². The first kappa shape index (κ1) is 25.7. The number of rotatable bonds is 8. The van der Waals surface area contributed by atoms with Crippen molar-refractivity contribution in [2.45, 2.75) is 59.8 Å². The molecule has 0 atom stereocenters. The molecule has 0 amide bonds. The molecule has 0 saturated heterocycles. The largest absolute Gasteiger partial charge is 0.376 e. The van der Waals surface area contributed by atoms with Gasteiger partial charge in [-0.05, 0) is 83.5 Å². The van der Waals surface area contributed by atoms with E-state index in [0.717, 1.165) is 80.5 Å². The van der Waals surface area contributed by atoms with Crippen molar-refractivity contribution in [1.82, 2.24) is 0 Å². The lowest BCUT2D eigenvalue weighted by molar-refractivity contribution is 1.04. The summed E-state index contributed by atoms with van der Waals surface area (Å²) in [4.78, 5) is 0. The first-order valence-corrected chi connectivity index (χ1v) is 12.0. The molecule has 31 heavy (non-hydrogen) atoms. The Bertz CT molecular complexity index is 927. The minimum absolute atomic E-state index is 0.234. The number of halogens is 2. The van der Waals surface area contributed by atoms with Gasteiger partial charge in [0.05, 0.1) is 0 Å². The molecular formula is C23H30Cl2N4S2. The van der Waals surface area contributed by atoms with Crippen LogP contribution in [0.4, 0.5) is 11.4 Å². The molecule has 4 nitrogen and oxygen atoms in total. The van der Waals surface area contributed by atoms with Crippen LogP contribution in [0.25, 0.3) is 0 Å². The van der Waals surface area contributed by atoms with E-state index in [-0.39, 0.29) is 10.2 Å². The molecule has 0 aliphatic rings. The van der Waals surface area contributed by atoms with Crippen LogP contribution < -0.4 is 22.1 Å². The van der Waals surface area contributed by atoms with Crippen LogP contribution in [0.3, 0.4) is 0 Å². The third-order valence-corrected chi connectivity index (χ3v) is 6.53. The van der Waals surface area contributed by atoms with Crippen LogP contribution in [0, 0.1) is 0 Å². The summed E-state index contributed by atoms with van der Waals surface area (Å²) in [6.07, 6.45) is 3.80. The standard InChI is InChI=1S/C23H30Cl2N4S2/c1-5-12-9-14(18(24)16(7-3)20(12)28-22(26)30)11-15-10-13(6-2)21(29-23(27)31)17(8-4)19(15)25/h9-10H,5-8,11H2,1-4H3,(H3,26,28,30)(H3,27,29,31). The first-order chi connectivity index (χ1) is 14.7. The Morgan fingerprint density at radius 3 is 1.32 bits per heavy atom. The van der Waals surface area contributed by atoms with E-state index in [1.165, 1.54) is 0 Å². The van der Waals surface area contributed by atoms with Crippen LogP contribution in [0.1, 0.15) is 61.1 Å². The number of nitrogens with two attached hydrogens (primary N) is 2. The Hall–Kier alpha value is -1.60. The van der Waals surface area contributed by atoms with Crippen molar-refractivity contribution < 1.29 is 0 Å². The van der Waals surface area contributed by atoms with E-state index >= 15 is 0 Å². The SMILES string of the molecule is CCc1cc(Cc2cc(CC)c(NC(N)=S)c(CC)c2Cl)c(Cl)c(CC)c1NC(N)=S. The molecule has 2 rings (SSSR count). The maximum atomic E-state index is 6.86. The number of aryl methyl sites for hydroxylation is 2. The zero-order chi connectivity index (χ0) is 23.3. The van der Waals surface area contributed by atoms with Gasteiger partial charge in [0.25, 0.3) is 0 Å². The van der Waals surface area contributed by atoms with Crippen molar-refractivity contribution >= 4 is 69.2 Å². The highest BCUT2D eigenvalue weighted by Crippen LogP contribution is 2.38. The Balaban J connectivity index is 2.65. The molecule has 0 spiro atoms. The predicted molar refractivity (Wildman–Crippen MR) is 144 cm³/mol. The van der Waals surface area contributed by atoms with Gasteiger partial charge < -0.3 is 22.1 Å². The molecule has 2 aromatic carbocycles. The highest BCUT2D eigenvalue weighted by Gasteiger charge is 2.20. The predicted octanol–water partition coefficient (Wildman–Crippen LogP) is 6.14. The minimum atomic E-state index is 0.234. The van der Waals surface area contributed by atoms with Gasteiger partial charge in [-0.2, -0.15) is 0 Å². The molecule has 168 valence electrons. The Kier molecular flexibility index (Phi) is 9.37. The number of hydrogen-bond acceptors (Lipinski definition) is 2. The van der Waals surface area contributed by atoms with Gasteiger partial charge in [0, 0.05) is 27.8 Å². The van der Waals surface area contributed by atoms with E-state index in [4.69, 9.17) is 59.1 Å². The van der Waals surface area contributed by atoms with Gasteiger partial charge in [-0.15, -0.1) is 0 Å². The van der Waals surface area contributed by atoms with Crippen LogP contribution in [0.15, 0.2) is 12.1 Å². The van der Waals surface area contributed by atoms with Gasteiger partial charge in [-0.1, -0.05) is 63.0 Å². The Morgan fingerprint density at radius 2 is 1.06 bits per heavy atom. The molecule has 0 heterocycles. The number of thiocarbonyl (C=S) groups is 2. The number of hydrogen-bond donors (Lipinski definition) is 4. The summed E-state index contributed by atoms with van der Waals surface area (Å²) in [5.41, 5.74) is 19.7. The van der Waals surface area contributed by atoms with Crippen molar-refractivity contribution in [3.05, 3.63) is 55.6 Å². The maximum Gasteiger partial charge on any atom is 0.168 e. The van der Waals surface area contributed by atoms with E-state index < -0.39 is 0 Å². The summed E-state index contributed by atoms with van der Waals surface area (Å²) in [6.45, 7) is 8.35. The minimum Gasteiger partial charge on any atom is -0.376 e. The average Bonchev–Trinajstić information content (AvgIpc) is 2.71. The quantitative estimate of drug-likeness (QED) is 0.328. The maximum absolute atomic E-state index is 6.86. The van der Waals surface area contributed by atoms with Crippen LogP contribution in [-0.4, -0.2) is 10.2 Å². The molecule has 0 fully saturated rings. The van der Waals surface area contributed by atoms with Crippen LogP contribution in [0.5, 0.6) is 0 Å². The van der Waals surface area contributed by atoms with Crippen LogP contribution in [-0.2, 0) is 32.1 Å². The molecule has 8 heteroatoms. The van der Waals surface area contributed by atoms with E-state index in [9.17, 15) is 0 Å². The average molecular weight is 498 g/mol. The highest BCUT2D eigenvalue weighted by atomic mass is 35.5. The second kappa shape index (κ2) is 11.3. The van der Waals surface area contributed by atoms with Gasteiger partial charge in [0.15, 0.2) is 10.2 Å². The molecule has 0 radical (unpaired) electrons. The molecule has 0 aromatic heterocycles. The number of nitrogens with one attached hydrogen (secondary N) is 2. The van der Waals surface area contributed by atoms with E-state index in [1.807, 2.05) is 0 Å². The molecule has 0 bridgehead atoms. The third kappa shape index (κ3) is 5.80. The van der Waals surface area contributed by atoms with E-state index in [2.05, 4.69) is 50.5 Å². The summed E-state index contributed by atoms with van der Waals surface area (Å²) in [5, 5.41) is 8.14. The zero-order valence-electron chi connectivity index (χ0n) is 18.4. The van der Waals surface area contributed by atoms with Gasteiger partial charge in [0.2, 0.25) is 0 Å². The summed E-state index contributed by atoms with van der Waals surface area (Å²) >= 11 is 23.9. The second-order valence-corrected chi connectivity index (χ2v) is 8.93. The molecule has 6 N–H and O–H groups in total. The topological polar surface area (TPSA) is 76.1 Å². The number of benzene rings is 2.